The molecule has 0 amide bonds. The van der Waals surface area contributed by atoms with Crippen molar-refractivity contribution in [2.24, 2.45) is 0 Å². The summed E-state index contributed by atoms with van der Waals surface area (Å²) in [5.41, 5.74) is 1.49. The van der Waals surface area contributed by atoms with Crippen LogP contribution in [0.2, 0.25) is 0 Å². The lowest BCUT2D eigenvalue weighted by molar-refractivity contribution is 0.138. The van der Waals surface area contributed by atoms with E-state index in [1.807, 2.05) is 11.5 Å². The van der Waals surface area contributed by atoms with E-state index in [1.54, 1.807) is 19.4 Å². The Kier molecular flexibility index (Phi) is 6.17. The van der Waals surface area contributed by atoms with Gasteiger partial charge in [-0.05, 0) is 18.2 Å². The van der Waals surface area contributed by atoms with E-state index in [9.17, 15) is 5.26 Å². The molecule has 1 N–H and O–H groups in total. The van der Waals surface area contributed by atoms with Gasteiger partial charge in [0.15, 0.2) is 0 Å². The lowest BCUT2D eigenvalue weighted by Crippen LogP contribution is -2.35. The number of methoxy groups -OCH3 is 1. The van der Waals surface area contributed by atoms with Crippen molar-refractivity contribution in [1.29, 1.82) is 5.26 Å². The van der Waals surface area contributed by atoms with E-state index in [-0.39, 0.29) is 24.0 Å². The van der Waals surface area contributed by atoms with Crippen LogP contribution >= 0.6 is 0 Å². The molecule has 0 spiro atoms. The van der Waals surface area contributed by atoms with E-state index < -0.39 is 5.24 Å². The van der Waals surface area contributed by atoms with Crippen molar-refractivity contribution in [3.63, 3.8) is 0 Å². The fourth-order valence-electron chi connectivity index (χ4n) is 3.53. The number of nitriles is 1. The molecule has 0 unspecified atom stereocenters. The molecule has 0 saturated carbocycles. The summed E-state index contributed by atoms with van der Waals surface area (Å²) in [6.07, 6.45) is 3.73. The molecule has 13 heteroatoms. The molecule has 6 radical (unpaired) electrons. The van der Waals surface area contributed by atoms with Crippen LogP contribution in [0.4, 0.5) is 11.6 Å². The molecule has 0 aliphatic carbocycles. The highest BCUT2D eigenvalue weighted by Crippen LogP contribution is 2.30. The first-order valence-corrected chi connectivity index (χ1v) is 10.1. The third-order valence-electron chi connectivity index (χ3n) is 5.03. The maximum absolute atomic E-state index is 9.54. The molecule has 1 aliphatic rings. The number of hydrogen-bond acceptors (Lipinski definition) is 8. The summed E-state index contributed by atoms with van der Waals surface area (Å²) in [5.74, 6) is 0.519. The Hall–Kier alpha value is -2.97. The van der Waals surface area contributed by atoms with Crippen LogP contribution in [0.3, 0.4) is 0 Å². The number of nitrogens with zero attached hydrogens (tertiary/aromatic N) is 6. The van der Waals surface area contributed by atoms with Crippen LogP contribution in [0.15, 0.2) is 18.5 Å². The van der Waals surface area contributed by atoms with Crippen LogP contribution in [0.25, 0.3) is 11.0 Å². The highest BCUT2D eigenvalue weighted by atomic mass is 16.6. The van der Waals surface area contributed by atoms with Crippen LogP contribution < -0.4 is 10.1 Å². The van der Waals surface area contributed by atoms with E-state index in [0.717, 1.165) is 11.8 Å². The zero-order chi connectivity index (χ0) is 22.9. The lowest BCUT2D eigenvalue weighted by Gasteiger charge is -2.20. The van der Waals surface area contributed by atoms with Crippen molar-refractivity contribution in [2.45, 2.75) is 30.7 Å². The van der Waals surface area contributed by atoms with E-state index >= 15 is 0 Å². The Balaban J connectivity index is 1.70. The van der Waals surface area contributed by atoms with E-state index in [1.165, 1.54) is 10.9 Å². The van der Waals surface area contributed by atoms with E-state index in [4.69, 9.17) is 37.7 Å². The SMILES string of the molecule is [B]C([B])([B])n1cc(Nc2ncc3cc(C#N)n([C@@H](C)COC)c3n2)c(O[C@H]2CCOC2)n1. The predicted octanol–water partition coefficient (Wildman–Crippen LogP) is 0.691. The topological polar surface area (TPSA) is 112 Å². The molecule has 4 heterocycles. The second-order valence-corrected chi connectivity index (χ2v) is 7.70. The zero-order valence-corrected chi connectivity index (χ0v) is 17.9. The summed E-state index contributed by atoms with van der Waals surface area (Å²) in [5, 5.41) is 15.9. The van der Waals surface area contributed by atoms with Gasteiger partial charge in [-0.2, -0.15) is 10.2 Å². The Morgan fingerprint density at radius 3 is 2.91 bits per heavy atom. The van der Waals surface area contributed by atoms with Crippen molar-refractivity contribution < 1.29 is 14.2 Å². The van der Waals surface area contributed by atoms with Crippen LogP contribution in [-0.4, -0.2) is 80.9 Å². The Morgan fingerprint density at radius 1 is 1.44 bits per heavy atom. The number of rotatable bonds is 8. The first-order chi connectivity index (χ1) is 15.3. The molecule has 0 aromatic carbocycles. The molecular weight excluding hydrogens is 407 g/mol. The zero-order valence-electron chi connectivity index (χ0n) is 17.9. The minimum Gasteiger partial charge on any atom is -0.469 e. The molecule has 158 valence electrons. The third kappa shape index (κ3) is 4.47. The third-order valence-corrected chi connectivity index (χ3v) is 5.03. The normalized spacial score (nSPS) is 17.3. The molecule has 1 aliphatic heterocycles. The van der Waals surface area contributed by atoms with Crippen molar-refractivity contribution >= 4 is 46.2 Å². The minimum absolute atomic E-state index is 0.105. The van der Waals surface area contributed by atoms with E-state index in [2.05, 4.69) is 26.5 Å². The first kappa shape index (κ1) is 22.2. The van der Waals surface area contributed by atoms with Crippen molar-refractivity contribution in [1.82, 2.24) is 24.3 Å². The monoisotopic (exact) mass is 427 g/mol. The average molecular weight is 427 g/mol. The van der Waals surface area contributed by atoms with Gasteiger partial charge >= 0.3 is 0 Å². The number of fused-ring (bicyclic) bond motifs is 1. The largest absolute Gasteiger partial charge is 0.469 e. The second kappa shape index (κ2) is 8.88. The van der Waals surface area contributed by atoms with Gasteiger partial charge in [-0.25, -0.2) is 4.98 Å². The molecule has 4 rings (SSSR count). The number of aromatic nitrogens is 5. The van der Waals surface area contributed by atoms with Crippen molar-refractivity contribution in [3.05, 3.63) is 24.2 Å². The summed E-state index contributed by atoms with van der Waals surface area (Å²) in [7, 11) is 19.0. The highest BCUT2D eigenvalue weighted by molar-refractivity contribution is 6.56. The smallest absolute Gasteiger partial charge is 0.257 e. The Bertz CT molecular complexity index is 1150. The van der Waals surface area contributed by atoms with Crippen LogP contribution in [0, 0.1) is 11.3 Å². The maximum Gasteiger partial charge on any atom is 0.257 e. The van der Waals surface area contributed by atoms with Crippen LogP contribution in [0.5, 0.6) is 5.88 Å². The number of ether oxygens (including phenoxy) is 3. The number of hydrogen-bond donors (Lipinski definition) is 1. The summed E-state index contributed by atoms with van der Waals surface area (Å²) < 4.78 is 19.6. The second-order valence-electron chi connectivity index (χ2n) is 7.70. The average Bonchev–Trinajstić information content (AvgIpc) is 3.47. The van der Waals surface area contributed by atoms with Crippen molar-refractivity contribution in [3.8, 4) is 11.9 Å². The molecule has 0 bridgehead atoms. The van der Waals surface area contributed by atoms with Gasteiger partial charge in [-0.3, -0.25) is 4.68 Å². The molecule has 10 nitrogen and oxygen atoms in total. The first-order valence-electron chi connectivity index (χ1n) is 10.1. The summed E-state index contributed by atoms with van der Waals surface area (Å²) in [6.45, 7) is 3.43. The van der Waals surface area contributed by atoms with Gasteiger partial charge in [-0.15, -0.1) is 5.10 Å². The van der Waals surface area contributed by atoms with Gasteiger partial charge in [0.05, 0.1) is 55.6 Å². The number of nitrogens with one attached hydrogen (secondary N) is 1. The van der Waals surface area contributed by atoms with Gasteiger partial charge in [0, 0.05) is 25.1 Å². The van der Waals surface area contributed by atoms with Crippen LogP contribution in [-0.2, 0) is 14.7 Å². The molecule has 1 fully saturated rings. The Labute approximate surface area is 189 Å². The van der Waals surface area contributed by atoms with Gasteiger partial charge < -0.3 is 24.1 Å². The maximum atomic E-state index is 9.54. The molecule has 32 heavy (non-hydrogen) atoms. The fraction of sp³-hybridized carbons (Fsp3) is 0.474. The standard InChI is InChI=1S/C19H20B3N7O3/c1-11(9-30-2)29-13(6-23)5-12-7-24-18(26-16(12)29)25-15-8-28(19(20,21)22)27-17(15)32-14-3-4-31-10-14/h5,7-8,11,14H,3-4,9-10H2,1-2H3,(H,24,25,26)/t11-,14-/m0/s1. The Morgan fingerprint density at radius 2 is 2.25 bits per heavy atom. The van der Waals surface area contributed by atoms with E-state index in [0.29, 0.717) is 36.8 Å². The molecule has 3 aromatic rings. The fourth-order valence-corrected chi connectivity index (χ4v) is 3.53. The van der Waals surface area contributed by atoms with Gasteiger partial charge in [0.1, 0.15) is 29.2 Å². The van der Waals surface area contributed by atoms with Crippen molar-refractivity contribution in [2.75, 3.05) is 32.2 Å². The van der Waals surface area contributed by atoms with Gasteiger partial charge in [0.2, 0.25) is 5.95 Å². The highest BCUT2D eigenvalue weighted by Gasteiger charge is 2.24. The molecular formula is C19H20B3N7O3. The van der Waals surface area contributed by atoms with Crippen LogP contribution in [0.1, 0.15) is 25.1 Å². The molecule has 3 aromatic heterocycles. The lowest BCUT2D eigenvalue weighted by atomic mass is 9.49. The predicted molar refractivity (Wildman–Crippen MR) is 119 cm³/mol. The molecule has 2 atom stereocenters. The minimum atomic E-state index is -1.72. The van der Waals surface area contributed by atoms with Gasteiger partial charge in [-0.1, -0.05) is 0 Å². The summed E-state index contributed by atoms with van der Waals surface area (Å²) in [6, 6.07) is 3.83. The number of anilines is 2. The quantitative estimate of drug-likeness (QED) is 0.524. The van der Waals surface area contributed by atoms with Gasteiger partial charge in [0.25, 0.3) is 5.88 Å². The summed E-state index contributed by atoms with van der Waals surface area (Å²) >= 11 is 0. The summed E-state index contributed by atoms with van der Waals surface area (Å²) in [4.78, 5) is 8.96. The molecule has 1 saturated heterocycles.